The van der Waals surface area contributed by atoms with E-state index in [1.165, 1.54) is 11.8 Å². The van der Waals surface area contributed by atoms with Crippen LogP contribution < -0.4 is 14.4 Å². The maximum atomic E-state index is 12.0. The summed E-state index contributed by atoms with van der Waals surface area (Å²) in [5.41, 5.74) is 0.621. The van der Waals surface area contributed by atoms with E-state index in [1.54, 1.807) is 39.5 Å². The Morgan fingerprint density at radius 2 is 1.84 bits per heavy atom. The van der Waals surface area contributed by atoms with Crippen LogP contribution in [0.25, 0.3) is 0 Å². The molecule has 0 fully saturated rings. The van der Waals surface area contributed by atoms with Gasteiger partial charge >= 0.3 is 0 Å². The zero-order chi connectivity index (χ0) is 14.4. The summed E-state index contributed by atoms with van der Waals surface area (Å²) in [6.07, 6.45) is 0.432. The minimum Gasteiger partial charge on any atom is -0.497 e. The van der Waals surface area contributed by atoms with Crippen LogP contribution in [0.2, 0.25) is 0 Å². The number of benzene rings is 1. The van der Waals surface area contributed by atoms with Crippen molar-refractivity contribution in [3.05, 3.63) is 18.2 Å². The number of amides is 1. The van der Waals surface area contributed by atoms with Gasteiger partial charge in [-0.1, -0.05) is 0 Å². The van der Waals surface area contributed by atoms with E-state index in [4.69, 9.17) is 9.47 Å². The van der Waals surface area contributed by atoms with Gasteiger partial charge in [-0.05, 0) is 19.1 Å². The highest BCUT2D eigenvalue weighted by Gasteiger charge is 2.16. The molecule has 0 aliphatic rings. The average Bonchev–Trinajstić information content (AvgIpc) is 2.42. The highest BCUT2D eigenvalue weighted by molar-refractivity contribution is 5.96. The summed E-state index contributed by atoms with van der Waals surface area (Å²) < 4.78 is 10.4. The molecule has 104 valence electrons. The van der Waals surface area contributed by atoms with Gasteiger partial charge in [-0.2, -0.15) is 0 Å². The molecular weight excluding hydrogens is 246 g/mol. The first-order valence-electron chi connectivity index (χ1n) is 5.97. The Morgan fingerprint density at radius 3 is 2.37 bits per heavy atom. The summed E-state index contributed by atoms with van der Waals surface area (Å²) >= 11 is 0. The van der Waals surface area contributed by atoms with E-state index in [1.807, 2.05) is 0 Å². The Balaban J connectivity index is 2.93. The van der Waals surface area contributed by atoms with Crippen molar-refractivity contribution in [3.8, 4) is 11.5 Å². The molecular formula is C14H19NO4. The Morgan fingerprint density at radius 1 is 1.16 bits per heavy atom. The molecule has 0 aromatic heterocycles. The smallest absolute Gasteiger partial charge is 0.227 e. The van der Waals surface area contributed by atoms with Crippen LogP contribution in [0.4, 0.5) is 5.69 Å². The molecule has 1 amide bonds. The Kier molecular flexibility index (Phi) is 5.36. The highest BCUT2D eigenvalue weighted by atomic mass is 16.5. The molecule has 0 radical (unpaired) electrons. The third kappa shape index (κ3) is 3.98. The summed E-state index contributed by atoms with van der Waals surface area (Å²) in [5.74, 6) is 1.09. The van der Waals surface area contributed by atoms with Crippen LogP contribution in [0.5, 0.6) is 11.5 Å². The number of hydrogen-bond acceptors (Lipinski definition) is 4. The molecule has 0 N–H and O–H groups in total. The lowest BCUT2D eigenvalue weighted by atomic mass is 10.2. The number of hydrogen-bond donors (Lipinski definition) is 0. The van der Waals surface area contributed by atoms with E-state index in [0.717, 1.165) is 0 Å². The van der Waals surface area contributed by atoms with Gasteiger partial charge in [0.1, 0.15) is 17.3 Å². The number of rotatable bonds is 6. The fourth-order valence-electron chi connectivity index (χ4n) is 1.64. The van der Waals surface area contributed by atoms with Gasteiger partial charge in [0.05, 0.1) is 19.9 Å². The zero-order valence-corrected chi connectivity index (χ0v) is 11.7. The predicted octanol–water partition coefficient (Wildman–Crippen LogP) is 2.04. The Labute approximate surface area is 113 Å². The third-order valence-corrected chi connectivity index (χ3v) is 2.81. The van der Waals surface area contributed by atoms with Gasteiger partial charge in [0, 0.05) is 26.0 Å². The van der Waals surface area contributed by atoms with Crippen LogP contribution in [0, 0.1) is 0 Å². The number of carbonyl (C=O) groups excluding carboxylic acids is 2. The molecule has 19 heavy (non-hydrogen) atoms. The lowest BCUT2D eigenvalue weighted by Crippen LogP contribution is -2.26. The standard InChI is InChI=1S/C14H19NO4/c1-10(16)5-8-14(17)15(2)12-9-11(18-3)6-7-13(12)19-4/h6-7,9H,5,8H2,1-4H3. The number of ether oxygens (including phenoxy) is 2. The predicted molar refractivity (Wildman–Crippen MR) is 72.9 cm³/mol. The van der Waals surface area contributed by atoms with Gasteiger partial charge in [-0.15, -0.1) is 0 Å². The lowest BCUT2D eigenvalue weighted by Gasteiger charge is -2.20. The van der Waals surface area contributed by atoms with Crippen LogP contribution in [0.1, 0.15) is 19.8 Å². The average molecular weight is 265 g/mol. The second-order valence-electron chi connectivity index (χ2n) is 4.19. The molecule has 0 saturated carbocycles. The summed E-state index contributed by atoms with van der Waals surface area (Å²) in [6.45, 7) is 1.47. The molecule has 0 heterocycles. The maximum absolute atomic E-state index is 12.0. The van der Waals surface area contributed by atoms with Crippen molar-refractivity contribution in [2.75, 3.05) is 26.2 Å². The van der Waals surface area contributed by atoms with Crippen LogP contribution >= 0.6 is 0 Å². The maximum Gasteiger partial charge on any atom is 0.227 e. The van der Waals surface area contributed by atoms with E-state index in [9.17, 15) is 9.59 Å². The Hall–Kier alpha value is -2.04. The minimum absolute atomic E-state index is 0.000595. The molecule has 0 spiro atoms. The lowest BCUT2D eigenvalue weighted by molar-refractivity contribution is -0.122. The van der Waals surface area contributed by atoms with Crippen LogP contribution in [-0.2, 0) is 9.59 Å². The molecule has 0 aliphatic carbocycles. The quantitative estimate of drug-likeness (QED) is 0.789. The van der Waals surface area contributed by atoms with Gasteiger partial charge in [0.2, 0.25) is 5.91 Å². The molecule has 0 unspecified atom stereocenters. The number of Topliss-reactive ketones (excluding diaryl/α,β-unsaturated/α-hetero) is 1. The van der Waals surface area contributed by atoms with E-state index in [-0.39, 0.29) is 24.5 Å². The van der Waals surface area contributed by atoms with Crippen molar-refractivity contribution < 1.29 is 19.1 Å². The second-order valence-corrected chi connectivity index (χ2v) is 4.19. The molecule has 0 atom stereocenters. The zero-order valence-electron chi connectivity index (χ0n) is 11.7. The fraction of sp³-hybridized carbons (Fsp3) is 0.429. The van der Waals surface area contributed by atoms with Crippen molar-refractivity contribution in [1.82, 2.24) is 0 Å². The number of nitrogens with zero attached hydrogens (tertiary/aromatic N) is 1. The topological polar surface area (TPSA) is 55.8 Å². The SMILES string of the molecule is COc1ccc(OC)c(N(C)C(=O)CCC(C)=O)c1. The van der Waals surface area contributed by atoms with Gasteiger partial charge in [-0.25, -0.2) is 0 Å². The monoisotopic (exact) mass is 265 g/mol. The van der Waals surface area contributed by atoms with Crippen molar-refractivity contribution >= 4 is 17.4 Å². The number of anilines is 1. The van der Waals surface area contributed by atoms with Crippen molar-refractivity contribution in [2.45, 2.75) is 19.8 Å². The molecule has 0 bridgehead atoms. The second kappa shape index (κ2) is 6.78. The largest absolute Gasteiger partial charge is 0.497 e. The van der Waals surface area contributed by atoms with Crippen LogP contribution in [0.15, 0.2) is 18.2 Å². The summed E-state index contributed by atoms with van der Waals surface area (Å²) in [5, 5.41) is 0. The van der Waals surface area contributed by atoms with Gasteiger partial charge in [0.15, 0.2) is 0 Å². The summed E-state index contributed by atoms with van der Waals surface area (Å²) in [6, 6.07) is 5.23. The number of carbonyl (C=O) groups is 2. The van der Waals surface area contributed by atoms with Gasteiger partial charge in [0.25, 0.3) is 0 Å². The van der Waals surface area contributed by atoms with Gasteiger partial charge < -0.3 is 19.2 Å². The molecule has 5 nitrogen and oxygen atoms in total. The molecule has 1 aromatic carbocycles. The molecule has 0 saturated heterocycles. The first-order chi connectivity index (χ1) is 8.99. The minimum atomic E-state index is -0.137. The number of ketones is 1. The van der Waals surface area contributed by atoms with Crippen molar-refractivity contribution in [3.63, 3.8) is 0 Å². The van der Waals surface area contributed by atoms with E-state index in [2.05, 4.69) is 0 Å². The molecule has 1 rings (SSSR count). The third-order valence-electron chi connectivity index (χ3n) is 2.81. The summed E-state index contributed by atoms with van der Waals surface area (Å²) in [7, 11) is 4.75. The molecule has 1 aromatic rings. The molecule has 0 aliphatic heterocycles. The van der Waals surface area contributed by atoms with E-state index in [0.29, 0.717) is 17.2 Å². The summed E-state index contributed by atoms with van der Waals surface area (Å²) in [4.78, 5) is 24.4. The van der Waals surface area contributed by atoms with Crippen molar-refractivity contribution in [1.29, 1.82) is 0 Å². The first kappa shape index (κ1) is 15.0. The first-order valence-corrected chi connectivity index (χ1v) is 5.97. The van der Waals surface area contributed by atoms with Crippen molar-refractivity contribution in [2.24, 2.45) is 0 Å². The van der Waals surface area contributed by atoms with E-state index < -0.39 is 0 Å². The highest BCUT2D eigenvalue weighted by Crippen LogP contribution is 2.31. The number of methoxy groups -OCH3 is 2. The van der Waals surface area contributed by atoms with E-state index >= 15 is 0 Å². The Bertz CT molecular complexity index is 471. The van der Waals surface area contributed by atoms with Gasteiger partial charge in [-0.3, -0.25) is 4.79 Å². The van der Waals surface area contributed by atoms with Crippen LogP contribution in [-0.4, -0.2) is 33.0 Å². The fourth-order valence-corrected chi connectivity index (χ4v) is 1.64. The normalized spacial score (nSPS) is 9.89. The van der Waals surface area contributed by atoms with Crippen LogP contribution in [0.3, 0.4) is 0 Å². The molecule has 5 heteroatoms.